The molecule has 0 aliphatic carbocycles. The third kappa shape index (κ3) is 10.4. The summed E-state index contributed by atoms with van der Waals surface area (Å²) in [5.74, 6) is 0.665. The molecule has 0 radical (unpaired) electrons. The molecule has 1 fully saturated rings. The van der Waals surface area contributed by atoms with E-state index in [4.69, 9.17) is 0 Å². The number of urea groups is 1. The first-order valence-electron chi connectivity index (χ1n) is 7.20. The van der Waals surface area contributed by atoms with Gasteiger partial charge in [0, 0.05) is 20.1 Å². The van der Waals surface area contributed by atoms with Gasteiger partial charge in [0.05, 0.1) is 6.54 Å². The molecule has 0 aromatic heterocycles. The van der Waals surface area contributed by atoms with Gasteiger partial charge in [-0.25, -0.2) is 4.79 Å². The number of nitrogens with zero attached hydrogens (tertiary/aromatic N) is 1. The molecule has 1 aliphatic heterocycles. The van der Waals surface area contributed by atoms with Gasteiger partial charge in [-0.15, -0.1) is 0 Å². The van der Waals surface area contributed by atoms with Crippen molar-refractivity contribution in [3.63, 3.8) is 0 Å². The second kappa shape index (κ2) is 10.6. The van der Waals surface area contributed by atoms with Crippen LogP contribution in [0.25, 0.3) is 0 Å². The summed E-state index contributed by atoms with van der Waals surface area (Å²) in [5.41, 5.74) is 0. The van der Waals surface area contributed by atoms with Crippen LogP contribution in [0.1, 0.15) is 46.5 Å². The Morgan fingerprint density at radius 1 is 1.05 bits per heavy atom. The maximum atomic E-state index is 11.6. The topological polar surface area (TPSA) is 61.4 Å². The Bertz CT molecular complexity index is 257. The van der Waals surface area contributed by atoms with Crippen LogP contribution >= 0.6 is 0 Å². The van der Waals surface area contributed by atoms with Gasteiger partial charge < -0.3 is 15.5 Å². The minimum Gasteiger partial charge on any atom is -0.358 e. The van der Waals surface area contributed by atoms with Crippen LogP contribution in [0.2, 0.25) is 0 Å². The Labute approximate surface area is 117 Å². The van der Waals surface area contributed by atoms with E-state index in [0.29, 0.717) is 0 Å². The lowest BCUT2D eigenvalue weighted by molar-refractivity contribution is -0.119. The van der Waals surface area contributed by atoms with Crippen molar-refractivity contribution in [3.8, 4) is 0 Å². The Kier molecular flexibility index (Phi) is 9.94. The number of likely N-dealkylation sites (N-methyl/N-ethyl adjacent to an activating group) is 1. The maximum Gasteiger partial charge on any atom is 0.317 e. The van der Waals surface area contributed by atoms with Gasteiger partial charge in [-0.05, 0) is 18.8 Å². The molecule has 1 saturated heterocycles. The smallest absolute Gasteiger partial charge is 0.317 e. The summed E-state index contributed by atoms with van der Waals surface area (Å²) in [6, 6.07) is -0.125. The summed E-state index contributed by atoms with van der Waals surface area (Å²) >= 11 is 0. The van der Waals surface area contributed by atoms with Gasteiger partial charge in [0.15, 0.2) is 0 Å². The molecule has 0 saturated carbocycles. The van der Waals surface area contributed by atoms with Crippen LogP contribution in [-0.4, -0.2) is 43.5 Å². The molecule has 1 heterocycles. The van der Waals surface area contributed by atoms with Crippen molar-refractivity contribution in [3.05, 3.63) is 0 Å². The minimum atomic E-state index is -0.168. The zero-order valence-corrected chi connectivity index (χ0v) is 12.8. The molecule has 0 aromatic carbocycles. The quantitative estimate of drug-likeness (QED) is 0.806. The number of carbonyl (C=O) groups is 2. The molecule has 0 atom stereocenters. The predicted octanol–water partition coefficient (Wildman–Crippen LogP) is 1.98. The van der Waals surface area contributed by atoms with Crippen molar-refractivity contribution in [2.24, 2.45) is 5.92 Å². The summed E-state index contributed by atoms with van der Waals surface area (Å²) < 4.78 is 0. The fourth-order valence-corrected chi connectivity index (χ4v) is 1.63. The minimum absolute atomic E-state index is 0.0613. The molecular formula is C14H29N3O2. The first kappa shape index (κ1) is 17.7. The predicted molar refractivity (Wildman–Crippen MR) is 78.0 cm³/mol. The first-order chi connectivity index (χ1) is 8.97. The van der Waals surface area contributed by atoms with Crippen molar-refractivity contribution in [1.82, 2.24) is 15.5 Å². The van der Waals surface area contributed by atoms with Crippen molar-refractivity contribution < 1.29 is 9.59 Å². The number of carbonyl (C=O) groups excluding carboxylic acids is 2. The van der Waals surface area contributed by atoms with E-state index in [2.05, 4.69) is 31.4 Å². The second-order valence-electron chi connectivity index (χ2n) is 5.47. The summed E-state index contributed by atoms with van der Waals surface area (Å²) in [7, 11) is 1.56. The lowest BCUT2D eigenvalue weighted by atomic mass is 10.2. The van der Waals surface area contributed by atoms with Crippen molar-refractivity contribution in [1.29, 1.82) is 0 Å². The van der Waals surface area contributed by atoms with Gasteiger partial charge in [-0.3, -0.25) is 4.79 Å². The van der Waals surface area contributed by atoms with Crippen molar-refractivity contribution in [2.45, 2.75) is 46.5 Å². The monoisotopic (exact) mass is 271 g/mol. The molecule has 112 valence electrons. The van der Waals surface area contributed by atoms with E-state index in [-0.39, 0.29) is 18.5 Å². The standard InChI is InChI=1S/C10H19N3O2.C4H10/c1-11-9(14)8-12-10(15)13-6-4-2-3-5-7-13;1-4(2)3/h2-8H2,1H3,(H,11,14)(H,12,15);4H,1-3H3. The van der Waals surface area contributed by atoms with Crippen LogP contribution in [0, 0.1) is 5.92 Å². The Morgan fingerprint density at radius 3 is 1.95 bits per heavy atom. The maximum absolute atomic E-state index is 11.6. The van der Waals surface area contributed by atoms with E-state index < -0.39 is 0 Å². The highest BCUT2D eigenvalue weighted by atomic mass is 16.2. The number of rotatable bonds is 2. The molecule has 0 unspecified atom stereocenters. The molecular weight excluding hydrogens is 242 g/mol. The van der Waals surface area contributed by atoms with Crippen LogP contribution < -0.4 is 10.6 Å². The van der Waals surface area contributed by atoms with E-state index in [1.807, 2.05) is 0 Å². The van der Waals surface area contributed by atoms with E-state index in [0.717, 1.165) is 31.8 Å². The third-order valence-corrected chi connectivity index (χ3v) is 2.57. The normalized spacial score (nSPS) is 15.1. The van der Waals surface area contributed by atoms with Gasteiger partial charge in [-0.1, -0.05) is 33.6 Å². The molecule has 5 nitrogen and oxygen atoms in total. The molecule has 2 N–H and O–H groups in total. The molecule has 19 heavy (non-hydrogen) atoms. The SMILES string of the molecule is CC(C)C.CNC(=O)CNC(=O)N1CCCCCC1. The van der Waals surface area contributed by atoms with Crippen LogP contribution in [-0.2, 0) is 4.79 Å². The van der Waals surface area contributed by atoms with Gasteiger partial charge in [0.25, 0.3) is 0 Å². The Morgan fingerprint density at radius 2 is 1.53 bits per heavy atom. The molecule has 1 rings (SSSR count). The molecule has 0 bridgehead atoms. The molecule has 5 heteroatoms. The van der Waals surface area contributed by atoms with Crippen LogP contribution in [0.15, 0.2) is 0 Å². The fourth-order valence-electron chi connectivity index (χ4n) is 1.63. The average Bonchev–Trinajstić information content (AvgIpc) is 2.63. The summed E-state index contributed by atoms with van der Waals surface area (Å²) in [6.45, 7) is 8.17. The number of hydrogen-bond donors (Lipinski definition) is 2. The number of amides is 3. The van der Waals surface area contributed by atoms with Crippen LogP contribution in [0.4, 0.5) is 4.79 Å². The summed E-state index contributed by atoms with van der Waals surface area (Å²) in [6.07, 6.45) is 4.51. The van der Waals surface area contributed by atoms with E-state index in [9.17, 15) is 9.59 Å². The molecule has 0 aromatic rings. The highest BCUT2D eigenvalue weighted by molar-refractivity contribution is 5.83. The second-order valence-corrected chi connectivity index (χ2v) is 5.47. The number of hydrogen-bond acceptors (Lipinski definition) is 2. The van der Waals surface area contributed by atoms with Gasteiger partial charge in [-0.2, -0.15) is 0 Å². The largest absolute Gasteiger partial charge is 0.358 e. The molecule has 1 aliphatic rings. The van der Waals surface area contributed by atoms with Gasteiger partial charge in [0.1, 0.15) is 0 Å². The lowest BCUT2D eigenvalue weighted by Gasteiger charge is -2.20. The Balaban J connectivity index is 0.000000711. The van der Waals surface area contributed by atoms with E-state index in [1.54, 1.807) is 11.9 Å². The van der Waals surface area contributed by atoms with Crippen molar-refractivity contribution in [2.75, 3.05) is 26.7 Å². The average molecular weight is 271 g/mol. The van der Waals surface area contributed by atoms with E-state index in [1.165, 1.54) is 12.8 Å². The van der Waals surface area contributed by atoms with Gasteiger partial charge in [0.2, 0.25) is 5.91 Å². The molecule has 3 amide bonds. The molecule has 0 spiro atoms. The summed E-state index contributed by atoms with van der Waals surface area (Å²) in [4.78, 5) is 24.3. The summed E-state index contributed by atoms with van der Waals surface area (Å²) in [5, 5.41) is 5.07. The zero-order chi connectivity index (χ0) is 14.7. The third-order valence-electron chi connectivity index (χ3n) is 2.57. The highest BCUT2D eigenvalue weighted by Crippen LogP contribution is 2.09. The lowest BCUT2D eigenvalue weighted by Crippen LogP contribution is -2.44. The van der Waals surface area contributed by atoms with Crippen molar-refractivity contribution >= 4 is 11.9 Å². The first-order valence-corrected chi connectivity index (χ1v) is 7.20. The van der Waals surface area contributed by atoms with Crippen LogP contribution in [0.3, 0.4) is 0 Å². The van der Waals surface area contributed by atoms with Gasteiger partial charge >= 0.3 is 6.03 Å². The highest BCUT2D eigenvalue weighted by Gasteiger charge is 2.15. The Hall–Kier alpha value is -1.26. The zero-order valence-electron chi connectivity index (χ0n) is 12.8. The number of likely N-dealkylation sites (tertiary alicyclic amines) is 1. The van der Waals surface area contributed by atoms with E-state index >= 15 is 0 Å². The number of nitrogens with one attached hydrogen (secondary N) is 2. The fraction of sp³-hybridized carbons (Fsp3) is 0.857. The van der Waals surface area contributed by atoms with Crippen LogP contribution in [0.5, 0.6) is 0 Å².